The van der Waals surface area contributed by atoms with Gasteiger partial charge < -0.3 is 11.5 Å². The maximum Gasteiger partial charge on any atom is 0.234 e. The Morgan fingerprint density at radius 2 is 1.85 bits per heavy atom. The van der Waals surface area contributed by atoms with E-state index in [0.29, 0.717) is 6.42 Å². The third-order valence-electron chi connectivity index (χ3n) is 1.66. The summed E-state index contributed by atoms with van der Waals surface area (Å²) in [4.78, 5) is 10.6. The molecule has 13 heavy (non-hydrogen) atoms. The predicted octanol–water partition coefficient (Wildman–Crippen LogP) is 0.155. The monoisotopic (exact) mass is 198 g/mol. The van der Waals surface area contributed by atoms with Crippen LogP contribution >= 0.6 is 13.5 Å². The molecule has 1 aromatic rings. The summed E-state index contributed by atoms with van der Waals surface area (Å²) in [6.45, 7) is 0. The maximum absolute atomic E-state index is 10.6. The Balaban J connectivity index is 0.00000144. The van der Waals surface area contributed by atoms with Crippen molar-refractivity contribution in [1.82, 2.24) is 0 Å². The second kappa shape index (κ2) is 5.61. The van der Waals surface area contributed by atoms with Crippen LogP contribution < -0.4 is 11.5 Å². The number of carbonyl (C=O) groups excluding carboxylic acids is 1. The first kappa shape index (κ1) is 12.0. The van der Waals surface area contributed by atoms with E-state index in [2.05, 4.69) is 0 Å². The van der Waals surface area contributed by atoms with Gasteiger partial charge in [0.2, 0.25) is 5.91 Å². The zero-order valence-corrected chi connectivity index (χ0v) is 8.23. The van der Waals surface area contributed by atoms with E-state index in [1.165, 1.54) is 0 Å². The van der Waals surface area contributed by atoms with Crippen molar-refractivity contribution < 1.29 is 4.79 Å². The van der Waals surface area contributed by atoms with Gasteiger partial charge in [-0.05, 0) is 12.0 Å². The van der Waals surface area contributed by atoms with Gasteiger partial charge >= 0.3 is 0 Å². The van der Waals surface area contributed by atoms with Crippen LogP contribution in [0.25, 0.3) is 0 Å². The molecule has 0 aliphatic rings. The molecule has 0 spiro atoms. The number of hydrogen-bond acceptors (Lipinski definition) is 2. The van der Waals surface area contributed by atoms with Crippen LogP contribution in [0.5, 0.6) is 0 Å². The first-order valence-electron chi connectivity index (χ1n) is 3.79. The van der Waals surface area contributed by atoms with E-state index in [1.54, 1.807) is 0 Å². The Labute approximate surface area is 84.6 Å². The average molecular weight is 198 g/mol. The molecular weight excluding hydrogens is 184 g/mol. The molecule has 0 radical (unpaired) electrons. The molecule has 0 unspecified atom stereocenters. The quantitative estimate of drug-likeness (QED) is 0.726. The topological polar surface area (TPSA) is 69.1 Å². The van der Waals surface area contributed by atoms with Crippen molar-refractivity contribution in [2.75, 3.05) is 0 Å². The van der Waals surface area contributed by atoms with Gasteiger partial charge in [-0.2, -0.15) is 13.5 Å². The summed E-state index contributed by atoms with van der Waals surface area (Å²) >= 11 is 0. The fourth-order valence-corrected chi connectivity index (χ4v) is 0.969. The first-order valence-corrected chi connectivity index (χ1v) is 3.79. The summed E-state index contributed by atoms with van der Waals surface area (Å²) in [5.74, 6) is -0.459. The number of benzene rings is 1. The SMILES string of the molecule is NC(=O)[C@@H](N)Cc1ccccc1.S. The standard InChI is InChI=1S/C9H12N2O.H2S/c10-8(9(11)12)6-7-4-2-1-3-5-7;/h1-5,8H,6,10H2,(H2,11,12);1H2/t8-;/m0./s1. The van der Waals surface area contributed by atoms with Crippen LogP contribution in [0, 0.1) is 0 Å². The van der Waals surface area contributed by atoms with Crippen LogP contribution in [-0.4, -0.2) is 11.9 Å². The molecule has 0 heterocycles. The lowest BCUT2D eigenvalue weighted by Crippen LogP contribution is -2.38. The summed E-state index contributed by atoms with van der Waals surface area (Å²) in [6.07, 6.45) is 0.510. The van der Waals surface area contributed by atoms with Crippen molar-refractivity contribution in [3.63, 3.8) is 0 Å². The molecule has 0 aliphatic heterocycles. The van der Waals surface area contributed by atoms with Crippen molar-refractivity contribution >= 4 is 19.4 Å². The number of rotatable bonds is 3. The zero-order valence-electron chi connectivity index (χ0n) is 7.23. The van der Waals surface area contributed by atoms with E-state index in [-0.39, 0.29) is 13.5 Å². The van der Waals surface area contributed by atoms with Crippen molar-refractivity contribution in [2.24, 2.45) is 11.5 Å². The molecule has 0 bridgehead atoms. The Kier molecular flexibility index (Phi) is 5.18. The van der Waals surface area contributed by atoms with Crippen LogP contribution in [0.1, 0.15) is 5.56 Å². The minimum atomic E-state index is -0.576. The highest BCUT2D eigenvalue weighted by Gasteiger charge is 2.08. The highest BCUT2D eigenvalue weighted by atomic mass is 32.1. The number of hydrogen-bond donors (Lipinski definition) is 2. The van der Waals surface area contributed by atoms with Gasteiger partial charge in [0.25, 0.3) is 0 Å². The normalized spacial score (nSPS) is 11.5. The van der Waals surface area contributed by atoms with Gasteiger partial charge in [-0.3, -0.25) is 4.79 Å². The van der Waals surface area contributed by atoms with E-state index in [1.807, 2.05) is 30.3 Å². The molecule has 1 aromatic carbocycles. The molecule has 4 N–H and O–H groups in total. The molecule has 0 aliphatic carbocycles. The van der Waals surface area contributed by atoms with Crippen molar-refractivity contribution in [3.05, 3.63) is 35.9 Å². The van der Waals surface area contributed by atoms with Gasteiger partial charge in [0.05, 0.1) is 6.04 Å². The number of carbonyl (C=O) groups is 1. The summed E-state index contributed by atoms with van der Waals surface area (Å²) in [6, 6.07) is 8.99. The molecule has 0 saturated carbocycles. The van der Waals surface area contributed by atoms with E-state index >= 15 is 0 Å². The first-order chi connectivity index (χ1) is 5.70. The molecule has 1 atom stereocenters. The minimum Gasteiger partial charge on any atom is -0.368 e. The Bertz CT molecular complexity index is 264. The molecule has 1 rings (SSSR count). The largest absolute Gasteiger partial charge is 0.368 e. The Morgan fingerprint density at radius 3 is 2.31 bits per heavy atom. The van der Waals surface area contributed by atoms with Crippen molar-refractivity contribution in [1.29, 1.82) is 0 Å². The number of nitrogens with two attached hydrogens (primary N) is 2. The minimum absolute atomic E-state index is 0. The fourth-order valence-electron chi connectivity index (χ4n) is 0.969. The van der Waals surface area contributed by atoms with Crippen molar-refractivity contribution in [3.8, 4) is 0 Å². The van der Waals surface area contributed by atoms with Crippen molar-refractivity contribution in [2.45, 2.75) is 12.5 Å². The van der Waals surface area contributed by atoms with Crippen LogP contribution in [0.2, 0.25) is 0 Å². The zero-order chi connectivity index (χ0) is 8.97. The number of amides is 1. The fraction of sp³-hybridized carbons (Fsp3) is 0.222. The van der Waals surface area contributed by atoms with Gasteiger partial charge in [-0.25, -0.2) is 0 Å². The third kappa shape index (κ3) is 3.96. The number of primary amides is 1. The lowest BCUT2D eigenvalue weighted by Gasteiger charge is -2.06. The molecule has 3 nitrogen and oxygen atoms in total. The molecule has 0 fully saturated rings. The molecule has 0 saturated heterocycles. The molecule has 1 amide bonds. The van der Waals surface area contributed by atoms with Gasteiger partial charge in [0.1, 0.15) is 0 Å². The van der Waals surface area contributed by atoms with E-state index in [4.69, 9.17) is 11.5 Å². The molecule has 0 aromatic heterocycles. The molecular formula is C9H14N2OS. The van der Waals surface area contributed by atoms with Gasteiger partial charge in [0, 0.05) is 0 Å². The highest BCUT2D eigenvalue weighted by molar-refractivity contribution is 7.59. The second-order valence-electron chi connectivity index (χ2n) is 2.70. The Morgan fingerprint density at radius 1 is 1.31 bits per heavy atom. The maximum atomic E-state index is 10.6. The Hall–Kier alpha value is -1.00. The molecule has 4 heteroatoms. The summed E-state index contributed by atoms with van der Waals surface area (Å²) in [7, 11) is 0. The highest BCUT2D eigenvalue weighted by Crippen LogP contribution is 2.00. The van der Waals surface area contributed by atoms with E-state index in [0.717, 1.165) is 5.56 Å². The third-order valence-corrected chi connectivity index (χ3v) is 1.66. The summed E-state index contributed by atoms with van der Waals surface area (Å²) < 4.78 is 0. The van der Waals surface area contributed by atoms with Crippen LogP contribution in [0.4, 0.5) is 0 Å². The van der Waals surface area contributed by atoms with E-state index in [9.17, 15) is 4.79 Å². The predicted molar refractivity (Wildman–Crippen MR) is 57.7 cm³/mol. The van der Waals surface area contributed by atoms with Crippen LogP contribution in [0.3, 0.4) is 0 Å². The second-order valence-corrected chi connectivity index (χ2v) is 2.70. The van der Waals surface area contributed by atoms with Gasteiger partial charge in [-0.15, -0.1) is 0 Å². The lowest BCUT2D eigenvalue weighted by molar-refractivity contribution is -0.119. The lowest BCUT2D eigenvalue weighted by atomic mass is 10.1. The smallest absolute Gasteiger partial charge is 0.234 e. The van der Waals surface area contributed by atoms with E-state index < -0.39 is 11.9 Å². The van der Waals surface area contributed by atoms with Gasteiger partial charge in [0.15, 0.2) is 0 Å². The van der Waals surface area contributed by atoms with Crippen LogP contribution in [0.15, 0.2) is 30.3 Å². The molecule has 72 valence electrons. The van der Waals surface area contributed by atoms with Gasteiger partial charge in [-0.1, -0.05) is 30.3 Å². The summed E-state index contributed by atoms with van der Waals surface area (Å²) in [5.41, 5.74) is 11.5. The van der Waals surface area contributed by atoms with Crippen LogP contribution in [-0.2, 0) is 11.2 Å². The average Bonchev–Trinajstić information content (AvgIpc) is 2.06. The summed E-state index contributed by atoms with van der Waals surface area (Å²) in [5, 5.41) is 0.